The number of hydrogen-bond acceptors (Lipinski definition) is 3. The van der Waals surface area contributed by atoms with E-state index in [-0.39, 0.29) is 0 Å². The molecule has 94 valence electrons. The van der Waals surface area contributed by atoms with Crippen LogP contribution in [0.3, 0.4) is 0 Å². The number of carbonyl (C=O) groups is 1. The highest BCUT2D eigenvalue weighted by atomic mass is 32.2. The Bertz CT molecular complexity index is 362. The van der Waals surface area contributed by atoms with Crippen LogP contribution in [0, 0.1) is 0 Å². The second kappa shape index (κ2) is 6.67. The third kappa shape index (κ3) is 4.40. The smallest absolute Gasteiger partial charge is 0.321 e. The lowest BCUT2D eigenvalue weighted by Gasteiger charge is -2.11. The summed E-state index contributed by atoms with van der Waals surface area (Å²) in [6.07, 6.45) is 0. The van der Waals surface area contributed by atoms with Crippen LogP contribution in [0.15, 0.2) is 29.2 Å². The highest BCUT2D eigenvalue weighted by Gasteiger charge is 2.14. The fourth-order valence-corrected chi connectivity index (χ4v) is 2.40. The maximum absolute atomic E-state index is 10.8. The van der Waals surface area contributed by atoms with E-state index in [1.807, 2.05) is 0 Å². The Morgan fingerprint density at radius 1 is 1.35 bits per heavy atom. The summed E-state index contributed by atoms with van der Waals surface area (Å²) in [5.74, 6) is 0.254. The Morgan fingerprint density at radius 3 is 2.35 bits per heavy atom. The molecule has 0 aliphatic carbocycles. The van der Waals surface area contributed by atoms with E-state index in [9.17, 15) is 4.79 Å². The molecule has 0 saturated heterocycles. The van der Waals surface area contributed by atoms with E-state index in [4.69, 9.17) is 5.11 Å². The van der Waals surface area contributed by atoms with Crippen molar-refractivity contribution < 1.29 is 9.90 Å². The molecule has 1 atom stereocenters. The minimum absolute atomic E-state index is 0.496. The molecule has 4 heteroatoms. The van der Waals surface area contributed by atoms with Crippen molar-refractivity contribution in [2.24, 2.45) is 0 Å². The number of rotatable bonds is 6. The van der Waals surface area contributed by atoms with Gasteiger partial charge < -0.3 is 10.4 Å². The highest BCUT2D eigenvalue weighted by Crippen LogP contribution is 2.22. The molecular weight excluding hydrogens is 234 g/mol. The van der Waals surface area contributed by atoms with Crippen LogP contribution in [0.5, 0.6) is 0 Å². The Morgan fingerprint density at radius 2 is 1.94 bits per heavy atom. The number of carboxylic acid groups (broad SMARTS) is 1. The molecule has 0 aliphatic heterocycles. The summed E-state index contributed by atoms with van der Waals surface area (Å²) in [6, 6.07) is 7.80. The van der Waals surface area contributed by atoms with E-state index in [1.54, 1.807) is 18.8 Å². The molecule has 1 unspecified atom stereocenters. The zero-order valence-corrected chi connectivity index (χ0v) is 11.3. The van der Waals surface area contributed by atoms with Gasteiger partial charge in [0, 0.05) is 10.6 Å². The van der Waals surface area contributed by atoms with Crippen LogP contribution in [0.1, 0.15) is 25.3 Å². The van der Waals surface area contributed by atoms with Gasteiger partial charge in [-0.3, -0.25) is 4.79 Å². The van der Waals surface area contributed by atoms with E-state index in [2.05, 4.69) is 43.4 Å². The lowest BCUT2D eigenvalue weighted by molar-refractivity contribution is -0.138. The van der Waals surface area contributed by atoms with Gasteiger partial charge >= 0.3 is 5.97 Å². The normalized spacial score (nSPS) is 12.7. The Kier molecular flexibility index (Phi) is 5.51. The standard InChI is InChI=1S/C13H19NO2S/c1-9(2)10-4-6-11(7-5-10)17-8-12(14-3)13(15)16/h4-7,9,12,14H,8H2,1-3H3,(H,15,16). The number of nitrogens with one attached hydrogen (secondary N) is 1. The lowest BCUT2D eigenvalue weighted by Crippen LogP contribution is -2.35. The van der Waals surface area contributed by atoms with Crippen molar-refractivity contribution >= 4 is 17.7 Å². The summed E-state index contributed by atoms with van der Waals surface area (Å²) in [4.78, 5) is 11.9. The third-order valence-corrected chi connectivity index (χ3v) is 3.72. The van der Waals surface area contributed by atoms with Crippen LogP contribution in [0.25, 0.3) is 0 Å². The second-order valence-corrected chi connectivity index (χ2v) is 5.31. The topological polar surface area (TPSA) is 49.3 Å². The number of likely N-dealkylation sites (N-methyl/N-ethyl adjacent to an activating group) is 1. The van der Waals surface area contributed by atoms with Crippen molar-refractivity contribution in [1.82, 2.24) is 5.32 Å². The lowest BCUT2D eigenvalue weighted by atomic mass is 10.0. The Labute approximate surface area is 107 Å². The van der Waals surface area contributed by atoms with Crippen LogP contribution in [0.2, 0.25) is 0 Å². The monoisotopic (exact) mass is 253 g/mol. The first-order valence-electron chi connectivity index (χ1n) is 5.67. The molecule has 1 aromatic rings. The van der Waals surface area contributed by atoms with Gasteiger partial charge in [-0.15, -0.1) is 11.8 Å². The molecule has 0 amide bonds. The number of thioether (sulfide) groups is 1. The number of carboxylic acids is 1. The number of benzene rings is 1. The molecule has 0 saturated carbocycles. The third-order valence-electron chi connectivity index (χ3n) is 2.61. The first-order chi connectivity index (χ1) is 8.04. The molecule has 0 aliphatic rings. The molecule has 1 aromatic carbocycles. The van der Waals surface area contributed by atoms with Crippen LogP contribution in [-0.2, 0) is 4.79 Å². The van der Waals surface area contributed by atoms with E-state index in [0.717, 1.165) is 4.90 Å². The summed E-state index contributed by atoms with van der Waals surface area (Å²) < 4.78 is 0. The highest BCUT2D eigenvalue weighted by molar-refractivity contribution is 7.99. The minimum atomic E-state index is -0.807. The van der Waals surface area contributed by atoms with Crippen molar-refractivity contribution in [3.05, 3.63) is 29.8 Å². The molecule has 0 bridgehead atoms. The van der Waals surface area contributed by atoms with Crippen molar-refractivity contribution in [2.75, 3.05) is 12.8 Å². The van der Waals surface area contributed by atoms with Gasteiger partial charge in [0.15, 0.2) is 0 Å². The molecule has 1 rings (SSSR count). The summed E-state index contributed by atoms with van der Waals surface area (Å²) in [5.41, 5.74) is 1.30. The van der Waals surface area contributed by atoms with Crippen LogP contribution in [0.4, 0.5) is 0 Å². The van der Waals surface area contributed by atoms with Crippen molar-refractivity contribution in [1.29, 1.82) is 0 Å². The Balaban J connectivity index is 2.55. The first-order valence-corrected chi connectivity index (χ1v) is 6.66. The van der Waals surface area contributed by atoms with Crippen molar-refractivity contribution in [3.63, 3.8) is 0 Å². The maximum atomic E-state index is 10.8. The summed E-state index contributed by atoms with van der Waals surface area (Å²) >= 11 is 1.56. The van der Waals surface area contributed by atoms with Crippen LogP contribution >= 0.6 is 11.8 Å². The molecule has 0 radical (unpaired) electrons. The predicted octanol–water partition coefficient (Wildman–Crippen LogP) is 2.57. The van der Waals surface area contributed by atoms with E-state index in [0.29, 0.717) is 11.7 Å². The van der Waals surface area contributed by atoms with Gasteiger partial charge in [0.2, 0.25) is 0 Å². The van der Waals surface area contributed by atoms with Gasteiger partial charge in [0.1, 0.15) is 6.04 Å². The zero-order valence-electron chi connectivity index (χ0n) is 10.4. The zero-order chi connectivity index (χ0) is 12.8. The second-order valence-electron chi connectivity index (χ2n) is 4.21. The van der Waals surface area contributed by atoms with E-state index < -0.39 is 12.0 Å². The molecule has 0 aromatic heterocycles. The summed E-state index contributed by atoms with van der Waals surface area (Å²) in [7, 11) is 1.67. The summed E-state index contributed by atoms with van der Waals surface area (Å²) in [6.45, 7) is 4.31. The van der Waals surface area contributed by atoms with Gasteiger partial charge in [-0.1, -0.05) is 26.0 Å². The molecule has 0 spiro atoms. The molecule has 0 heterocycles. The Hall–Kier alpha value is -1.00. The average molecular weight is 253 g/mol. The maximum Gasteiger partial charge on any atom is 0.321 e. The minimum Gasteiger partial charge on any atom is -0.480 e. The number of hydrogen-bond donors (Lipinski definition) is 2. The van der Waals surface area contributed by atoms with Gasteiger partial charge in [0.25, 0.3) is 0 Å². The van der Waals surface area contributed by atoms with Gasteiger partial charge in [-0.05, 0) is 30.7 Å². The largest absolute Gasteiger partial charge is 0.480 e. The molecule has 2 N–H and O–H groups in total. The van der Waals surface area contributed by atoms with Crippen LogP contribution < -0.4 is 5.32 Å². The van der Waals surface area contributed by atoms with Crippen LogP contribution in [-0.4, -0.2) is 29.9 Å². The SMILES string of the molecule is CNC(CSc1ccc(C(C)C)cc1)C(=O)O. The number of aliphatic carboxylic acids is 1. The summed E-state index contributed by atoms with van der Waals surface area (Å²) in [5, 5.41) is 11.7. The van der Waals surface area contributed by atoms with E-state index in [1.165, 1.54) is 5.56 Å². The average Bonchev–Trinajstić information content (AvgIpc) is 2.30. The first kappa shape index (κ1) is 14.1. The fourth-order valence-electron chi connectivity index (χ4n) is 1.41. The quantitative estimate of drug-likeness (QED) is 0.765. The molecule has 17 heavy (non-hydrogen) atoms. The fraction of sp³-hybridized carbons (Fsp3) is 0.462. The van der Waals surface area contributed by atoms with Gasteiger partial charge in [0.05, 0.1) is 0 Å². The van der Waals surface area contributed by atoms with Gasteiger partial charge in [-0.2, -0.15) is 0 Å². The van der Waals surface area contributed by atoms with Gasteiger partial charge in [-0.25, -0.2) is 0 Å². The van der Waals surface area contributed by atoms with Crippen molar-refractivity contribution in [3.8, 4) is 0 Å². The molecule has 0 fully saturated rings. The predicted molar refractivity (Wildman–Crippen MR) is 71.7 cm³/mol. The van der Waals surface area contributed by atoms with Crippen molar-refractivity contribution in [2.45, 2.75) is 30.7 Å². The molecular formula is C13H19NO2S. The molecule has 3 nitrogen and oxygen atoms in total. The van der Waals surface area contributed by atoms with E-state index >= 15 is 0 Å².